The number of imide groups is 1. The fourth-order valence-corrected chi connectivity index (χ4v) is 1.49. The van der Waals surface area contributed by atoms with Crippen molar-refractivity contribution < 1.29 is 9.59 Å². The number of carbonyl (C=O) groups excluding carboxylic acids is 2. The molecule has 1 aromatic rings. The van der Waals surface area contributed by atoms with Crippen LogP contribution in [0.1, 0.15) is 11.7 Å². The number of rotatable bonds is 2. The van der Waals surface area contributed by atoms with Gasteiger partial charge in [-0.25, -0.2) is 0 Å². The molecule has 1 aromatic carbocycles. The van der Waals surface area contributed by atoms with E-state index in [1.807, 2.05) is 18.2 Å². The smallest absolute Gasteiger partial charge is 0.255 e. The Morgan fingerprint density at radius 3 is 2.07 bits per heavy atom. The third-order valence-corrected chi connectivity index (χ3v) is 2.26. The summed E-state index contributed by atoms with van der Waals surface area (Å²) in [6.45, 7) is 0. The van der Waals surface area contributed by atoms with Gasteiger partial charge in [0.1, 0.15) is 6.17 Å². The molecular weight excluding hydrogens is 192 g/mol. The van der Waals surface area contributed by atoms with E-state index in [0.717, 1.165) is 10.5 Å². The molecule has 2 amide bonds. The van der Waals surface area contributed by atoms with Crippen LogP contribution in [0.15, 0.2) is 42.5 Å². The van der Waals surface area contributed by atoms with Gasteiger partial charge in [-0.1, -0.05) is 30.3 Å². The lowest BCUT2D eigenvalue weighted by molar-refractivity contribution is -0.139. The van der Waals surface area contributed by atoms with Gasteiger partial charge < -0.3 is 5.73 Å². The molecule has 15 heavy (non-hydrogen) atoms. The zero-order valence-electron chi connectivity index (χ0n) is 7.96. The second-order valence-corrected chi connectivity index (χ2v) is 3.24. The number of hydrogen-bond acceptors (Lipinski definition) is 3. The highest BCUT2D eigenvalue weighted by Crippen LogP contribution is 2.18. The van der Waals surface area contributed by atoms with Gasteiger partial charge in [0, 0.05) is 12.2 Å². The molecule has 1 aliphatic rings. The first-order chi connectivity index (χ1) is 7.20. The Hall–Kier alpha value is -1.94. The lowest BCUT2D eigenvalue weighted by Crippen LogP contribution is -2.38. The van der Waals surface area contributed by atoms with Gasteiger partial charge in [-0.2, -0.15) is 0 Å². The van der Waals surface area contributed by atoms with E-state index in [4.69, 9.17) is 5.73 Å². The minimum absolute atomic E-state index is 0.364. The Morgan fingerprint density at radius 2 is 1.53 bits per heavy atom. The van der Waals surface area contributed by atoms with E-state index in [0.29, 0.717) is 0 Å². The summed E-state index contributed by atoms with van der Waals surface area (Å²) in [6, 6.07) is 9.04. The van der Waals surface area contributed by atoms with Crippen LogP contribution in [0.3, 0.4) is 0 Å². The summed E-state index contributed by atoms with van der Waals surface area (Å²) < 4.78 is 0. The number of hydrogen-bond donors (Lipinski definition) is 1. The van der Waals surface area contributed by atoms with Crippen molar-refractivity contribution in [3.8, 4) is 0 Å². The summed E-state index contributed by atoms with van der Waals surface area (Å²) in [7, 11) is 0. The number of amides is 2. The van der Waals surface area contributed by atoms with E-state index in [9.17, 15) is 9.59 Å². The maximum absolute atomic E-state index is 11.3. The summed E-state index contributed by atoms with van der Waals surface area (Å²) in [5.41, 5.74) is 6.56. The quantitative estimate of drug-likeness (QED) is 0.713. The first-order valence-corrected chi connectivity index (χ1v) is 4.56. The van der Waals surface area contributed by atoms with Gasteiger partial charge in [-0.15, -0.1) is 0 Å². The summed E-state index contributed by atoms with van der Waals surface area (Å²) in [4.78, 5) is 23.7. The normalized spacial score (nSPS) is 17.3. The zero-order chi connectivity index (χ0) is 10.8. The molecule has 0 radical (unpaired) electrons. The van der Waals surface area contributed by atoms with Crippen molar-refractivity contribution in [2.75, 3.05) is 0 Å². The SMILES string of the molecule is NC(c1ccccc1)N1C(=O)C=CC1=O. The Kier molecular flexibility index (Phi) is 2.35. The topological polar surface area (TPSA) is 63.4 Å². The molecule has 0 aromatic heterocycles. The van der Waals surface area contributed by atoms with Crippen LogP contribution in [0.2, 0.25) is 0 Å². The van der Waals surface area contributed by atoms with Crippen LogP contribution in [-0.2, 0) is 9.59 Å². The monoisotopic (exact) mass is 202 g/mol. The predicted molar refractivity (Wildman–Crippen MR) is 54.4 cm³/mol. The third kappa shape index (κ3) is 1.67. The van der Waals surface area contributed by atoms with Crippen LogP contribution in [0, 0.1) is 0 Å². The molecule has 0 aliphatic carbocycles. The van der Waals surface area contributed by atoms with Crippen LogP contribution in [-0.4, -0.2) is 16.7 Å². The Balaban J connectivity index is 2.26. The Morgan fingerprint density at radius 1 is 1.00 bits per heavy atom. The molecule has 1 unspecified atom stereocenters. The van der Waals surface area contributed by atoms with Gasteiger partial charge in [0.15, 0.2) is 0 Å². The number of nitrogens with zero attached hydrogens (tertiary/aromatic N) is 1. The third-order valence-electron chi connectivity index (χ3n) is 2.26. The van der Waals surface area contributed by atoms with Gasteiger partial charge >= 0.3 is 0 Å². The van der Waals surface area contributed by atoms with Crippen LogP contribution >= 0.6 is 0 Å². The average molecular weight is 202 g/mol. The van der Waals surface area contributed by atoms with Gasteiger partial charge in [-0.05, 0) is 5.56 Å². The van der Waals surface area contributed by atoms with Crippen molar-refractivity contribution in [1.29, 1.82) is 0 Å². The molecule has 0 bridgehead atoms. The van der Waals surface area contributed by atoms with Crippen LogP contribution in [0.4, 0.5) is 0 Å². The molecule has 2 rings (SSSR count). The molecule has 76 valence electrons. The Labute approximate surface area is 87.0 Å². The molecule has 1 aliphatic heterocycles. The van der Waals surface area contributed by atoms with Crippen LogP contribution < -0.4 is 5.73 Å². The standard InChI is InChI=1S/C11H10N2O2/c12-11(8-4-2-1-3-5-8)13-9(14)6-7-10(13)15/h1-7,11H,12H2. The highest BCUT2D eigenvalue weighted by atomic mass is 16.2. The van der Waals surface area contributed by atoms with Crippen molar-refractivity contribution in [3.63, 3.8) is 0 Å². The van der Waals surface area contributed by atoms with Crippen molar-refractivity contribution in [1.82, 2.24) is 4.90 Å². The molecule has 1 heterocycles. The molecule has 0 saturated heterocycles. The summed E-state index contributed by atoms with van der Waals surface area (Å²) >= 11 is 0. The predicted octanol–water partition coefficient (Wildman–Crippen LogP) is 0.569. The second-order valence-electron chi connectivity index (χ2n) is 3.24. The molecule has 2 N–H and O–H groups in total. The van der Waals surface area contributed by atoms with Crippen LogP contribution in [0.5, 0.6) is 0 Å². The van der Waals surface area contributed by atoms with E-state index in [1.54, 1.807) is 12.1 Å². The Bertz CT molecular complexity index is 407. The van der Waals surface area contributed by atoms with E-state index >= 15 is 0 Å². The van der Waals surface area contributed by atoms with Crippen molar-refractivity contribution in [2.24, 2.45) is 5.73 Å². The van der Waals surface area contributed by atoms with E-state index in [1.165, 1.54) is 12.2 Å². The van der Waals surface area contributed by atoms with Crippen LogP contribution in [0.25, 0.3) is 0 Å². The van der Waals surface area contributed by atoms with Crippen molar-refractivity contribution in [3.05, 3.63) is 48.0 Å². The fourth-order valence-electron chi connectivity index (χ4n) is 1.49. The number of benzene rings is 1. The van der Waals surface area contributed by atoms with Gasteiger partial charge in [0.2, 0.25) is 0 Å². The highest BCUT2D eigenvalue weighted by Gasteiger charge is 2.29. The maximum atomic E-state index is 11.3. The molecule has 0 spiro atoms. The minimum Gasteiger partial charge on any atom is -0.307 e. The van der Waals surface area contributed by atoms with Crippen molar-refractivity contribution >= 4 is 11.8 Å². The fraction of sp³-hybridized carbons (Fsp3) is 0.0909. The number of nitrogens with two attached hydrogens (primary N) is 1. The van der Waals surface area contributed by atoms with E-state index in [2.05, 4.69) is 0 Å². The summed E-state index contributed by atoms with van der Waals surface area (Å²) in [6.07, 6.45) is 1.75. The highest BCUT2D eigenvalue weighted by molar-refractivity contribution is 6.13. The largest absolute Gasteiger partial charge is 0.307 e. The summed E-state index contributed by atoms with van der Waals surface area (Å²) in [5, 5.41) is 0. The molecular formula is C11H10N2O2. The van der Waals surface area contributed by atoms with Crippen molar-refractivity contribution in [2.45, 2.75) is 6.17 Å². The lowest BCUT2D eigenvalue weighted by atomic mass is 10.1. The molecule has 0 saturated carbocycles. The molecule has 4 nitrogen and oxygen atoms in total. The zero-order valence-corrected chi connectivity index (χ0v) is 7.96. The van der Waals surface area contributed by atoms with Gasteiger partial charge in [-0.3, -0.25) is 14.5 Å². The van der Waals surface area contributed by atoms with E-state index < -0.39 is 6.17 Å². The van der Waals surface area contributed by atoms with Gasteiger partial charge in [0.25, 0.3) is 11.8 Å². The second kappa shape index (κ2) is 3.67. The lowest BCUT2D eigenvalue weighted by Gasteiger charge is -2.22. The average Bonchev–Trinajstić information content (AvgIpc) is 2.59. The summed E-state index contributed by atoms with van der Waals surface area (Å²) in [5.74, 6) is -0.729. The molecule has 1 atom stereocenters. The molecule has 4 heteroatoms. The maximum Gasteiger partial charge on any atom is 0.255 e. The minimum atomic E-state index is -0.707. The van der Waals surface area contributed by atoms with E-state index in [-0.39, 0.29) is 11.8 Å². The van der Waals surface area contributed by atoms with Gasteiger partial charge in [0.05, 0.1) is 0 Å². The number of carbonyl (C=O) groups is 2. The molecule has 0 fully saturated rings. The first-order valence-electron chi connectivity index (χ1n) is 4.56. The first kappa shape index (κ1) is 9.61.